The van der Waals surface area contributed by atoms with E-state index < -0.39 is 6.10 Å². The van der Waals surface area contributed by atoms with Crippen molar-refractivity contribution in [2.24, 2.45) is 0 Å². The van der Waals surface area contributed by atoms with Crippen LogP contribution in [0.25, 0.3) is 5.65 Å². The molecule has 2 heterocycles. The van der Waals surface area contributed by atoms with E-state index in [2.05, 4.69) is 20.9 Å². The summed E-state index contributed by atoms with van der Waals surface area (Å²) >= 11 is 3.21. The van der Waals surface area contributed by atoms with E-state index in [1.54, 1.807) is 6.20 Å². The van der Waals surface area contributed by atoms with E-state index in [0.29, 0.717) is 22.2 Å². The molecule has 3 aromatic rings. The highest BCUT2D eigenvalue weighted by Crippen LogP contribution is 2.44. The highest BCUT2D eigenvalue weighted by Gasteiger charge is 2.35. The maximum Gasteiger partial charge on any atom is 0.142 e. The Hall–Kier alpha value is -1.72. The van der Waals surface area contributed by atoms with E-state index in [9.17, 15) is 9.50 Å². The van der Waals surface area contributed by atoms with Gasteiger partial charge < -0.3 is 9.51 Å². The zero-order valence-electron chi connectivity index (χ0n) is 11.0. The predicted octanol–water partition coefficient (Wildman–Crippen LogP) is 3.80. The molecule has 1 aliphatic rings. The first-order chi connectivity index (χ1) is 10.1. The Balaban J connectivity index is 1.97. The fraction of sp³-hybridized carbons (Fsp3) is 0.188. The van der Waals surface area contributed by atoms with Gasteiger partial charge in [-0.25, -0.2) is 9.37 Å². The third-order valence-electron chi connectivity index (χ3n) is 4.04. The zero-order valence-corrected chi connectivity index (χ0v) is 12.6. The molecular weight excluding hydrogens is 335 g/mol. The molecule has 0 radical (unpaired) electrons. The molecule has 0 fully saturated rings. The van der Waals surface area contributed by atoms with Crippen LogP contribution in [0.2, 0.25) is 0 Å². The van der Waals surface area contributed by atoms with E-state index in [0.717, 1.165) is 11.3 Å². The quantitative estimate of drug-likeness (QED) is 0.727. The third-order valence-corrected chi connectivity index (χ3v) is 4.62. The largest absolute Gasteiger partial charge is 0.387 e. The lowest BCUT2D eigenvalue weighted by molar-refractivity contribution is 0.172. The van der Waals surface area contributed by atoms with E-state index in [-0.39, 0.29) is 11.7 Å². The minimum Gasteiger partial charge on any atom is -0.387 e. The van der Waals surface area contributed by atoms with Crippen molar-refractivity contribution < 1.29 is 9.50 Å². The van der Waals surface area contributed by atoms with Crippen LogP contribution < -0.4 is 0 Å². The van der Waals surface area contributed by atoms with Crippen LogP contribution in [0.3, 0.4) is 0 Å². The third kappa shape index (κ3) is 1.92. The number of hydrogen-bond acceptors (Lipinski definition) is 2. The first kappa shape index (κ1) is 13.0. The van der Waals surface area contributed by atoms with Crippen molar-refractivity contribution in [3.8, 4) is 0 Å². The van der Waals surface area contributed by atoms with Gasteiger partial charge in [-0.05, 0) is 27.9 Å². The number of hydrogen-bond donors (Lipinski definition) is 1. The van der Waals surface area contributed by atoms with Crippen LogP contribution in [-0.2, 0) is 0 Å². The summed E-state index contributed by atoms with van der Waals surface area (Å²) in [6, 6.07) is 11.4. The number of imidazole rings is 1. The summed E-state index contributed by atoms with van der Waals surface area (Å²) in [5.74, 6) is -0.277. The second kappa shape index (κ2) is 4.64. The molecule has 106 valence electrons. The van der Waals surface area contributed by atoms with E-state index in [1.807, 2.05) is 34.7 Å². The van der Waals surface area contributed by atoms with Gasteiger partial charge in [0.2, 0.25) is 0 Å². The number of benzene rings is 1. The van der Waals surface area contributed by atoms with Crippen LogP contribution in [-0.4, -0.2) is 14.5 Å². The fourth-order valence-electron chi connectivity index (χ4n) is 3.09. The lowest BCUT2D eigenvalue weighted by atomic mass is 9.96. The molecule has 0 spiro atoms. The molecule has 2 unspecified atom stereocenters. The topological polar surface area (TPSA) is 37.5 Å². The van der Waals surface area contributed by atoms with Gasteiger partial charge in [0.1, 0.15) is 11.5 Å². The SMILES string of the molecule is OC1CC(c2ccccc2)c2c1nc1cc(F)c(Br)cn21. The summed E-state index contributed by atoms with van der Waals surface area (Å²) in [5.41, 5.74) is 3.27. The van der Waals surface area contributed by atoms with Gasteiger partial charge in [0.05, 0.1) is 22.0 Å². The van der Waals surface area contributed by atoms with Crippen LogP contribution >= 0.6 is 15.9 Å². The smallest absolute Gasteiger partial charge is 0.142 e. The van der Waals surface area contributed by atoms with Crippen LogP contribution in [0.1, 0.15) is 35.4 Å². The number of aliphatic hydroxyl groups excluding tert-OH is 1. The van der Waals surface area contributed by atoms with E-state index in [1.165, 1.54) is 6.07 Å². The molecule has 0 saturated heterocycles. The monoisotopic (exact) mass is 346 g/mol. The molecule has 0 bridgehead atoms. The first-order valence-electron chi connectivity index (χ1n) is 6.75. The predicted molar refractivity (Wildman–Crippen MR) is 80.7 cm³/mol. The van der Waals surface area contributed by atoms with Crippen molar-refractivity contribution in [3.05, 3.63) is 69.8 Å². The molecule has 2 atom stereocenters. The van der Waals surface area contributed by atoms with Crippen LogP contribution in [0, 0.1) is 5.82 Å². The van der Waals surface area contributed by atoms with Gasteiger partial charge >= 0.3 is 0 Å². The minimum atomic E-state index is -0.605. The molecule has 5 heteroatoms. The molecular formula is C16H12BrFN2O. The lowest BCUT2D eigenvalue weighted by Gasteiger charge is -2.12. The second-order valence-corrected chi connectivity index (χ2v) is 6.15. The van der Waals surface area contributed by atoms with Crippen LogP contribution in [0.5, 0.6) is 0 Å². The Morgan fingerprint density at radius 2 is 2.05 bits per heavy atom. The normalized spacial score (nSPS) is 20.9. The van der Waals surface area contributed by atoms with Crippen molar-refractivity contribution in [2.45, 2.75) is 18.4 Å². The summed E-state index contributed by atoms with van der Waals surface area (Å²) in [7, 11) is 0. The van der Waals surface area contributed by atoms with Gasteiger partial charge in [-0.15, -0.1) is 0 Å². The second-order valence-electron chi connectivity index (χ2n) is 5.29. The summed E-state index contributed by atoms with van der Waals surface area (Å²) < 4.78 is 15.9. The maximum atomic E-state index is 13.7. The van der Waals surface area contributed by atoms with E-state index in [4.69, 9.17) is 0 Å². The molecule has 1 aliphatic carbocycles. The fourth-order valence-corrected chi connectivity index (χ4v) is 3.41. The molecule has 0 amide bonds. The van der Waals surface area contributed by atoms with Crippen molar-refractivity contribution in [2.75, 3.05) is 0 Å². The van der Waals surface area contributed by atoms with Gasteiger partial charge in [0, 0.05) is 18.2 Å². The number of pyridine rings is 1. The van der Waals surface area contributed by atoms with Crippen molar-refractivity contribution >= 4 is 21.6 Å². The minimum absolute atomic E-state index is 0.0727. The van der Waals surface area contributed by atoms with Gasteiger partial charge in [0.25, 0.3) is 0 Å². The van der Waals surface area contributed by atoms with Gasteiger partial charge in [-0.3, -0.25) is 0 Å². The van der Waals surface area contributed by atoms with Gasteiger partial charge in [0.15, 0.2) is 0 Å². The van der Waals surface area contributed by atoms with Crippen molar-refractivity contribution in [1.29, 1.82) is 0 Å². The number of rotatable bonds is 1. The molecule has 0 aliphatic heterocycles. The Morgan fingerprint density at radius 1 is 1.29 bits per heavy atom. The molecule has 1 aromatic carbocycles. The molecule has 21 heavy (non-hydrogen) atoms. The highest BCUT2D eigenvalue weighted by molar-refractivity contribution is 9.10. The summed E-state index contributed by atoms with van der Waals surface area (Å²) in [6.45, 7) is 0. The molecule has 2 aromatic heterocycles. The summed E-state index contributed by atoms with van der Waals surface area (Å²) in [6.07, 6.45) is 1.69. The summed E-state index contributed by atoms with van der Waals surface area (Å²) in [5, 5.41) is 10.3. The number of aliphatic hydroxyl groups is 1. The van der Waals surface area contributed by atoms with E-state index >= 15 is 0 Å². The number of halogens is 2. The first-order valence-corrected chi connectivity index (χ1v) is 7.54. The van der Waals surface area contributed by atoms with Crippen molar-refractivity contribution in [3.63, 3.8) is 0 Å². The summed E-state index contributed by atoms with van der Waals surface area (Å²) in [4.78, 5) is 4.40. The Kier molecular flexibility index (Phi) is 2.87. The molecule has 1 N–H and O–H groups in total. The lowest BCUT2D eigenvalue weighted by Crippen LogP contribution is -2.02. The Morgan fingerprint density at radius 3 is 2.81 bits per heavy atom. The van der Waals surface area contributed by atoms with Crippen molar-refractivity contribution in [1.82, 2.24) is 9.38 Å². The Bertz CT molecular complexity index is 831. The maximum absolute atomic E-state index is 13.7. The Labute approximate surface area is 129 Å². The average molecular weight is 347 g/mol. The number of fused-ring (bicyclic) bond motifs is 3. The number of aromatic nitrogens is 2. The van der Waals surface area contributed by atoms with Gasteiger partial charge in [-0.2, -0.15) is 0 Å². The van der Waals surface area contributed by atoms with Gasteiger partial charge in [-0.1, -0.05) is 30.3 Å². The average Bonchev–Trinajstić information content (AvgIpc) is 2.99. The van der Waals surface area contributed by atoms with Crippen LogP contribution in [0.15, 0.2) is 47.1 Å². The zero-order chi connectivity index (χ0) is 14.6. The number of nitrogens with zero attached hydrogens (tertiary/aromatic N) is 2. The highest BCUT2D eigenvalue weighted by atomic mass is 79.9. The molecule has 0 saturated carbocycles. The standard InChI is InChI=1S/C16H12BrFN2O/c17-11-8-20-14(7-12(11)18)19-15-13(21)6-10(16(15)20)9-4-2-1-3-5-9/h1-5,7-8,10,13,21H,6H2. The molecule has 4 rings (SSSR count). The molecule has 3 nitrogen and oxygen atoms in total. The van der Waals surface area contributed by atoms with Crippen LogP contribution in [0.4, 0.5) is 4.39 Å².